The SMILES string of the molecule is C[NH+](C)CCNC(=O)Cc1ccc(O)c(-n2nc3ccccc3n2)c1.[Cl-]. The Morgan fingerprint density at radius 3 is 2.42 bits per heavy atom. The molecule has 0 unspecified atom stereocenters. The molecule has 3 N–H and O–H groups in total. The van der Waals surface area contributed by atoms with Gasteiger partial charge in [-0.25, -0.2) is 0 Å². The molecule has 7 nitrogen and oxygen atoms in total. The summed E-state index contributed by atoms with van der Waals surface area (Å²) in [5.41, 5.74) is 2.75. The highest BCUT2D eigenvalue weighted by Crippen LogP contribution is 2.23. The van der Waals surface area contributed by atoms with Gasteiger partial charge in [0.25, 0.3) is 0 Å². The van der Waals surface area contributed by atoms with Crippen molar-refractivity contribution < 1.29 is 27.2 Å². The standard InChI is InChI=1S/C18H21N5O2.ClH/c1-22(2)10-9-19-18(25)12-13-7-8-17(24)16(11-13)23-20-14-5-3-4-6-15(14)21-23;/h3-8,11,24H,9-10,12H2,1-2H3,(H,19,25);1H. The summed E-state index contributed by atoms with van der Waals surface area (Å²) in [5, 5.41) is 21.8. The lowest BCUT2D eigenvalue weighted by Gasteiger charge is -2.09. The number of halogens is 1. The van der Waals surface area contributed by atoms with E-state index in [-0.39, 0.29) is 30.5 Å². The number of carbonyl (C=O) groups excluding carboxylic acids is 1. The summed E-state index contributed by atoms with van der Waals surface area (Å²) in [5.74, 6) is 0.0251. The largest absolute Gasteiger partial charge is 1.00 e. The molecule has 2 aromatic carbocycles. The quantitative estimate of drug-likeness (QED) is 0.427. The second kappa shape index (κ2) is 8.64. The number of aromatic hydroxyl groups is 1. The van der Waals surface area contributed by atoms with Crippen LogP contribution < -0.4 is 22.6 Å². The Hall–Kier alpha value is -2.64. The molecule has 0 saturated carbocycles. The molecule has 0 saturated heterocycles. The summed E-state index contributed by atoms with van der Waals surface area (Å²) in [6.07, 6.45) is 0.247. The number of fused-ring (bicyclic) bond motifs is 1. The van der Waals surface area contributed by atoms with Gasteiger partial charge in [-0.1, -0.05) is 18.2 Å². The van der Waals surface area contributed by atoms with E-state index in [9.17, 15) is 9.90 Å². The first-order valence-corrected chi connectivity index (χ1v) is 8.23. The van der Waals surface area contributed by atoms with E-state index in [2.05, 4.69) is 15.5 Å². The zero-order valence-electron chi connectivity index (χ0n) is 14.7. The van der Waals surface area contributed by atoms with Crippen molar-refractivity contribution in [3.05, 3.63) is 48.0 Å². The molecule has 26 heavy (non-hydrogen) atoms. The second-order valence-corrected chi connectivity index (χ2v) is 6.29. The van der Waals surface area contributed by atoms with Gasteiger partial charge in [0.15, 0.2) is 0 Å². The number of quaternary nitrogens is 1. The maximum atomic E-state index is 12.0. The number of carbonyl (C=O) groups is 1. The van der Waals surface area contributed by atoms with Crippen LogP contribution in [0.4, 0.5) is 0 Å². The summed E-state index contributed by atoms with van der Waals surface area (Å²) in [7, 11) is 4.08. The fourth-order valence-corrected chi connectivity index (χ4v) is 2.51. The topological polar surface area (TPSA) is 84.5 Å². The lowest BCUT2D eigenvalue weighted by atomic mass is 10.1. The number of benzene rings is 2. The minimum Gasteiger partial charge on any atom is -1.00 e. The highest BCUT2D eigenvalue weighted by molar-refractivity contribution is 5.79. The molecule has 0 aliphatic carbocycles. The predicted molar refractivity (Wildman–Crippen MR) is 94.9 cm³/mol. The summed E-state index contributed by atoms with van der Waals surface area (Å²) in [4.78, 5) is 14.7. The van der Waals surface area contributed by atoms with E-state index >= 15 is 0 Å². The van der Waals surface area contributed by atoms with Crippen LogP contribution in [0.3, 0.4) is 0 Å². The normalized spacial score (nSPS) is 10.7. The average molecular weight is 376 g/mol. The van der Waals surface area contributed by atoms with Crippen LogP contribution in [0, 0.1) is 0 Å². The molecule has 1 aromatic heterocycles. The Bertz CT molecular complexity index is 861. The van der Waals surface area contributed by atoms with Crippen LogP contribution in [0.15, 0.2) is 42.5 Å². The summed E-state index contributed by atoms with van der Waals surface area (Å²) in [6.45, 7) is 1.51. The van der Waals surface area contributed by atoms with E-state index in [1.807, 2.05) is 38.4 Å². The first kappa shape index (κ1) is 19.7. The number of nitrogens with one attached hydrogen (secondary N) is 2. The van der Waals surface area contributed by atoms with Gasteiger partial charge in [0.2, 0.25) is 5.91 Å². The van der Waals surface area contributed by atoms with Gasteiger partial charge in [-0.3, -0.25) is 4.79 Å². The van der Waals surface area contributed by atoms with E-state index in [4.69, 9.17) is 0 Å². The molecule has 3 rings (SSSR count). The molecular weight excluding hydrogens is 354 g/mol. The van der Waals surface area contributed by atoms with Crippen molar-refractivity contribution >= 4 is 16.9 Å². The van der Waals surface area contributed by atoms with Crippen LogP contribution in [-0.4, -0.2) is 53.2 Å². The fourth-order valence-electron chi connectivity index (χ4n) is 2.51. The van der Waals surface area contributed by atoms with E-state index < -0.39 is 0 Å². The third kappa shape index (κ3) is 4.71. The van der Waals surface area contributed by atoms with Gasteiger partial charge < -0.3 is 27.7 Å². The minimum absolute atomic E-state index is 0. The lowest BCUT2D eigenvalue weighted by Crippen LogP contribution is -3.06. The van der Waals surface area contributed by atoms with Crippen LogP contribution in [0.25, 0.3) is 16.7 Å². The summed E-state index contributed by atoms with van der Waals surface area (Å²) >= 11 is 0. The molecular formula is C18H22ClN5O2. The first-order valence-electron chi connectivity index (χ1n) is 8.23. The number of hydrogen-bond donors (Lipinski definition) is 3. The lowest BCUT2D eigenvalue weighted by molar-refractivity contribution is -0.856. The molecule has 0 aliphatic heterocycles. The molecule has 8 heteroatoms. The number of aromatic nitrogens is 3. The minimum atomic E-state index is -0.0449. The van der Waals surface area contributed by atoms with E-state index in [1.54, 1.807) is 18.2 Å². The van der Waals surface area contributed by atoms with Crippen LogP contribution >= 0.6 is 0 Å². The Morgan fingerprint density at radius 1 is 1.15 bits per heavy atom. The van der Waals surface area contributed by atoms with E-state index in [1.165, 1.54) is 9.70 Å². The van der Waals surface area contributed by atoms with Crippen molar-refractivity contribution in [1.29, 1.82) is 0 Å². The fraction of sp³-hybridized carbons (Fsp3) is 0.278. The molecule has 3 aromatic rings. The van der Waals surface area contributed by atoms with Crippen LogP contribution in [0.2, 0.25) is 0 Å². The van der Waals surface area contributed by atoms with Gasteiger partial charge in [-0.05, 0) is 29.8 Å². The number of phenolic OH excluding ortho intramolecular Hbond substituents is 1. The molecule has 0 aliphatic rings. The molecule has 0 atom stereocenters. The number of nitrogens with zero attached hydrogens (tertiary/aromatic N) is 3. The number of likely N-dealkylation sites (N-methyl/N-ethyl adjacent to an activating group) is 1. The van der Waals surface area contributed by atoms with Crippen molar-refractivity contribution in [2.24, 2.45) is 0 Å². The van der Waals surface area contributed by atoms with Gasteiger partial charge in [-0.15, -0.1) is 15.0 Å². The van der Waals surface area contributed by atoms with Crippen LogP contribution in [0.5, 0.6) is 5.75 Å². The maximum Gasteiger partial charge on any atom is 0.224 e. The predicted octanol–water partition coefficient (Wildman–Crippen LogP) is -3.07. The average Bonchev–Trinajstić information content (AvgIpc) is 3.00. The number of rotatable bonds is 6. The zero-order chi connectivity index (χ0) is 17.8. The smallest absolute Gasteiger partial charge is 0.224 e. The Labute approximate surface area is 158 Å². The first-order chi connectivity index (χ1) is 12.0. The Balaban J connectivity index is 0.00000243. The monoisotopic (exact) mass is 375 g/mol. The second-order valence-electron chi connectivity index (χ2n) is 6.29. The number of hydrogen-bond acceptors (Lipinski definition) is 4. The van der Waals surface area contributed by atoms with E-state index in [0.29, 0.717) is 12.2 Å². The van der Waals surface area contributed by atoms with Crippen LogP contribution in [0.1, 0.15) is 5.56 Å². The van der Waals surface area contributed by atoms with Crippen molar-refractivity contribution in [2.75, 3.05) is 27.2 Å². The molecule has 0 spiro atoms. The van der Waals surface area contributed by atoms with Crippen molar-refractivity contribution in [3.8, 4) is 11.4 Å². The summed E-state index contributed by atoms with van der Waals surface area (Å²) in [6, 6.07) is 12.5. The van der Waals surface area contributed by atoms with Gasteiger partial charge in [0.1, 0.15) is 22.5 Å². The number of phenols is 1. The molecule has 0 fully saturated rings. The molecule has 0 bridgehead atoms. The molecule has 138 valence electrons. The van der Waals surface area contributed by atoms with E-state index in [0.717, 1.165) is 23.1 Å². The van der Waals surface area contributed by atoms with Crippen LogP contribution in [-0.2, 0) is 11.2 Å². The summed E-state index contributed by atoms with van der Waals surface area (Å²) < 4.78 is 0. The highest BCUT2D eigenvalue weighted by Gasteiger charge is 2.11. The third-order valence-corrected chi connectivity index (χ3v) is 3.85. The highest BCUT2D eigenvalue weighted by atomic mass is 35.5. The van der Waals surface area contributed by atoms with Crippen molar-refractivity contribution in [1.82, 2.24) is 20.3 Å². The molecule has 1 amide bonds. The van der Waals surface area contributed by atoms with Gasteiger partial charge >= 0.3 is 0 Å². The van der Waals surface area contributed by atoms with Gasteiger partial charge in [0, 0.05) is 0 Å². The Kier molecular flexibility index (Phi) is 6.54. The zero-order valence-corrected chi connectivity index (χ0v) is 15.5. The third-order valence-electron chi connectivity index (χ3n) is 3.85. The Morgan fingerprint density at radius 2 is 1.81 bits per heavy atom. The van der Waals surface area contributed by atoms with Crippen molar-refractivity contribution in [3.63, 3.8) is 0 Å². The van der Waals surface area contributed by atoms with Gasteiger partial charge in [-0.2, -0.15) is 0 Å². The number of amides is 1. The molecule has 0 radical (unpaired) electrons. The van der Waals surface area contributed by atoms with Gasteiger partial charge in [0.05, 0.1) is 33.6 Å². The maximum absolute atomic E-state index is 12.0. The van der Waals surface area contributed by atoms with Crippen molar-refractivity contribution in [2.45, 2.75) is 6.42 Å². The molecule has 1 heterocycles.